The molecule has 10 heteroatoms. The van der Waals surface area contributed by atoms with E-state index < -0.39 is 18.1 Å². The molecule has 4 rings (SSSR count). The van der Waals surface area contributed by atoms with E-state index in [2.05, 4.69) is 0 Å². The molecule has 1 N–H and O–H groups in total. The topological polar surface area (TPSA) is 62.2 Å². The van der Waals surface area contributed by atoms with E-state index in [1.165, 1.54) is 12.0 Å². The molecule has 2 unspecified atom stereocenters. The first kappa shape index (κ1) is 25.0. The van der Waals surface area contributed by atoms with Gasteiger partial charge in [0, 0.05) is 45.0 Å². The Hall–Kier alpha value is -2.13. The van der Waals surface area contributed by atoms with Crippen LogP contribution in [-0.2, 0) is 4.79 Å². The van der Waals surface area contributed by atoms with Gasteiger partial charge in [0.2, 0.25) is 5.91 Å². The van der Waals surface area contributed by atoms with Crippen molar-refractivity contribution < 1.29 is 28.2 Å². The minimum Gasteiger partial charge on any atom is -0.493 e. The molecule has 0 aliphatic carbocycles. The Bertz CT molecular complexity index is 1050. The van der Waals surface area contributed by atoms with Crippen LogP contribution in [0.3, 0.4) is 0 Å². The lowest BCUT2D eigenvalue weighted by Crippen LogP contribution is -2.41. The summed E-state index contributed by atoms with van der Waals surface area (Å²) in [4.78, 5) is 16.5. The molecule has 34 heavy (non-hydrogen) atoms. The van der Waals surface area contributed by atoms with Gasteiger partial charge in [-0.3, -0.25) is 14.6 Å². The molecule has 6 nitrogen and oxygen atoms in total. The first-order chi connectivity index (χ1) is 16.2. The van der Waals surface area contributed by atoms with Crippen LogP contribution in [0.4, 0.5) is 14.5 Å². The van der Waals surface area contributed by atoms with Crippen LogP contribution in [0.2, 0.25) is 10.0 Å². The van der Waals surface area contributed by atoms with Gasteiger partial charge in [0.1, 0.15) is 12.8 Å². The van der Waals surface area contributed by atoms with Gasteiger partial charge in [-0.05, 0) is 29.8 Å². The van der Waals surface area contributed by atoms with Gasteiger partial charge in [-0.15, -0.1) is 0 Å². The summed E-state index contributed by atoms with van der Waals surface area (Å²) < 4.78 is 38.0. The van der Waals surface area contributed by atoms with E-state index >= 15 is 0 Å². The van der Waals surface area contributed by atoms with E-state index in [0.717, 1.165) is 0 Å². The number of hydrogen-bond donors (Lipinski definition) is 1. The number of nitrogens with zero attached hydrogens (tertiary/aromatic N) is 2. The average molecular weight is 515 g/mol. The smallest absolute Gasteiger partial charge is 0.250 e. The third-order valence-electron chi connectivity index (χ3n) is 6.30. The maximum absolute atomic E-state index is 13.4. The molecule has 1 amide bonds. The van der Waals surface area contributed by atoms with E-state index in [1.54, 1.807) is 36.4 Å². The highest BCUT2D eigenvalue weighted by atomic mass is 35.5. The van der Waals surface area contributed by atoms with Gasteiger partial charge in [-0.2, -0.15) is 0 Å². The molecule has 0 radical (unpaired) electrons. The van der Waals surface area contributed by atoms with Crippen LogP contribution in [0.1, 0.15) is 30.7 Å². The third kappa shape index (κ3) is 5.40. The fraction of sp³-hybridized carbons (Fsp3) is 0.458. The fourth-order valence-electron chi connectivity index (χ4n) is 4.36. The number of methoxy groups -OCH3 is 1. The lowest BCUT2D eigenvalue weighted by Gasteiger charge is -2.31. The van der Waals surface area contributed by atoms with Gasteiger partial charge in [0.05, 0.1) is 28.8 Å². The quantitative estimate of drug-likeness (QED) is 0.566. The van der Waals surface area contributed by atoms with Crippen LogP contribution in [-0.4, -0.2) is 61.4 Å². The highest BCUT2D eigenvalue weighted by Crippen LogP contribution is 2.40. The second-order valence-corrected chi connectivity index (χ2v) is 9.35. The number of alkyl halides is 2. The number of carbonyl (C=O) groups excluding carboxylic acids is 1. The number of rotatable bonds is 7. The predicted molar refractivity (Wildman–Crippen MR) is 126 cm³/mol. The number of amides is 1. The first-order valence-corrected chi connectivity index (χ1v) is 11.8. The maximum atomic E-state index is 13.4. The van der Waals surface area contributed by atoms with E-state index in [4.69, 9.17) is 32.7 Å². The van der Waals surface area contributed by atoms with Crippen LogP contribution in [0.15, 0.2) is 36.4 Å². The molecule has 2 aliphatic rings. The standard InChI is InChI=1S/C24H26Cl2F2N2O4/c1-33-20-5-3-16(13-21(20)34-11-10-29-8-6-24(27,28)7-9-29)30-22(31)14-17(23(30)32)15-2-4-18(25)19(26)12-15/h2-5,12-13,17,22,31H,6-11,14H2,1H3. The molecule has 2 atom stereocenters. The van der Waals surface area contributed by atoms with Gasteiger partial charge in [0.25, 0.3) is 5.92 Å². The lowest BCUT2D eigenvalue weighted by molar-refractivity contribution is -0.118. The van der Waals surface area contributed by atoms with Crippen molar-refractivity contribution >= 4 is 34.8 Å². The highest BCUT2D eigenvalue weighted by Gasteiger charge is 2.40. The van der Waals surface area contributed by atoms with Gasteiger partial charge >= 0.3 is 0 Å². The Morgan fingerprint density at radius 3 is 2.50 bits per heavy atom. The molecule has 0 spiro atoms. The Morgan fingerprint density at radius 2 is 1.82 bits per heavy atom. The van der Waals surface area contributed by atoms with Crippen LogP contribution in [0.5, 0.6) is 11.5 Å². The summed E-state index contributed by atoms with van der Waals surface area (Å²) in [7, 11) is 1.50. The minimum absolute atomic E-state index is 0.152. The normalized spacial score (nSPS) is 22.8. The molecule has 2 saturated heterocycles. The lowest BCUT2D eigenvalue weighted by atomic mass is 9.97. The summed E-state index contributed by atoms with van der Waals surface area (Å²) >= 11 is 12.1. The van der Waals surface area contributed by atoms with E-state index in [-0.39, 0.29) is 31.8 Å². The van der Waals surface area contributed by atoms with Gasteiger partial charge in [-0.25, -0.2) is 8.78 Å². The van der Waals surface area contributed by atoms with Crippen LogP contribution < -0.4 is 14.4 Å². The number of piperidine rings is 1. The monoisotopic (exact) mass is 514 g/mol. The zero-order valence-corrected chi connectivity index (χ0v) is 20.2. The van der Waals surface area contributed by atoms with Crippen LogP contribution >= 0.6 is 23.2 Å². The van der Waals surface area contributed by atoms with Crippen molar-refractivity contribution in [3.8, 4) is 11.5 Å². The number of aliphatic hydroxyl groups is 1. The SMILES string of the molecule is COc1ccc(N2C(=O)C(c3ccc(Cl)c(Cl)c3)CC2O)cc1OCCN1CCC(F)(F)CC1. The Labute approximate surface area is 206 Å². The second-order valence-electron chi connectivity index (χ2n) is 8.53. The predicted octanol–water partition coefficient (Wildman–Crippen LogP) is 4.95. The van der Waals surface area contributed by atoms with Crippen molar-refractivity contribution in [3.63, 3.8) is 0 Å². The van der Waals surface area contributed by atoms with Crippen molar-refractivity contribution in [1.82, 2.24) is 4.90 Å². The number of benzene rings is 2. The molecule has 2 aromatic rings. The van der Waals surface area contributed by atoms with Crippen LogP contribution in [0, 0.1) is 0 Å². The summed E-state index contributed by atoms with van der Waals surface area (Å²) in [6, 6.07) is 9.98. The minimum atomic E-state index is -2.59. The number of halogens is 4. The number of hydrogen-bond acceptors (Lipinski definition) is 5. The van der Waals surface area contributed by atoms with E-state index in [9.17, 15) is 18.7 Å². The van der Waals surface area contributed by atoms with Crippen molar-refractivity contribution in [2.45, 2.75) is 37.3 Å². The van der Waals surface area contributed by atoms with Crippen molar-refractivity contribution in [2.24, 2.45) is 0 Å². The Morgan fingerprint density at radius 1 is 1.09 bits per heavy atom. The largest absolute Gasteiger partial charge is 0.493 e. The number of likely N-dealkylation sites (tertiary alicyclic amines) is 1. The van der Waals surface area contributed by atoms with Gasteiger partial charge < -0.3 is 14.6 Å². The number of aliphatic hydroxyl groups excluding tert-OH is 1. The van der Waals surface area contributed by atoms with Gasteiger partial charge in [0.15, 0.2) is 11.5 Å². The van der Waals surface area contributed by atoms with Crippen molar-refractivity contribution in [3.05, 3.63) is 52.0 Å². The number of ether oxygens (including phenoxy) is 2. The van der Waals surface area contributed by atoms with Crippen LogP contribution in [0.25, 0.3) is 0 Å². The molecule has 0 bridgehead atoms. The Balaban J connectivity index is 1.46. The summed E-state index contributed by atoms with van der Waals surface area (Å²) in [5.74, 6) is -2.55. The van der Waals surface area contributed by atoms with E-state index in [0.29, 0.717) is 52.4 Å². The van der Waals surface area contributed by atoms with Crippen molar-refractivity contribution in [2.75, 3.05) is 38.3 Å². The second kappa shape index (κ2) is 10.2. The fourth-order valence-corrected chi connectivity index (χ4v) is 4.66. The molecule has 2 aromatic carbocycles. The molecule has 2 heterocycles. The molecule has 2 fully saturated rings. The van der Waals surface area contributed by atoms with Crippen molar-refractivity contribution in [1.29, 1.82) is 0 Å². The molecule has 2 aliphatic heterocycles. The maximum Gasteiger partial charge on any atom is 0.250 e. The molecule has 0 saturated carbocycles. The zero-order chi connectivity index (χ0) is 24.5. The molecular formula is C24H26Cl2F2N2O4. The van der Waals surface area contributed by atoms with E-state index in [1.807, 2.05) is 4.90 Å². The number of carbonyl (C=O) groups is 1. The molecular weight excluding hydrogens is 489 g/mol. The average Bonchev–Trinajstić information content (AvgIpc) is 3.10. The first-order valence-electron chi connectivity index (χ1n) is 11.1. The summed E-state index contributed by atoms with van der Waals surface area (Å²) in [5, 5.41) is 11.4. The Kier molecular flexibility index (Phi) is 7.52. The highest BCUT2D eigenvalue weighted by molar-refractivity contribution is 6.42. The molecule has 0 aromatic heterocycles. The third-order valence-corrected chi connectivity index (χ3v) is 7.04. The molecule has 184 valence electrons. The zero-order valence-electron chi connectivity index (χ0n) is 18.6. The summed E-state index contributed by atoms with van der Waals surface area (Å²) in [6.45, 7) is 1.40. The summed E-state index contributed by atoms with van der Waals surface area (Å²) in [5.41, 5.74) is 1.14. The number of anilines is 1. The van der Waals surface area contributed by atoms with Gasteiger partial charge in [-0.1, -0.05) is 29.3 Å². The summed E-state index contributed by atoms with van der Waals surface area (Å²) in [6.07, 6.45) is -1.12.